The first kappa shape index (κ1) is 51.0. The second-order valence-corrected chi connectivity index (χ2v) is 18.2. The van der Waals surface area contributed by atoms with Gasteiger partial charge in [0.1, 0.15) is 29.3 Å². The number of H-pyrrole nitrogens is 1. The molecule has 0 saturated carbocycles. The van der Waals surface area contributed by atoms with Gasteiger partial charge in [-0.15, -0.1) is 0 Å². The number of carbonyl (C=O) groups is 5. The Bertz CT molecular complexity index is 2730. The van der Waals surface area contributed by atoms with Gasteiger partial charge in [-0.25, -0.2) is 14.6 Å². The van der Waals surface area contributed by atoms with E-state index in [4.69, 9.17) is 33.2 Å². The van der Waals surface area contributed by atoms with Crippen molar-refractivity contribution in [3.8, 4) is 29.4 Å². The fourth-order valence-corrected chi connectivity index (χ4v) is 9.46. The highest BCUT2D eigenvalue weighted by atomic mass is 32.2. The van der Waals surface area contributed by atoms with Gasteiger partial charge in [0.25, 0.3) is 0 Å². The van der Waals surface area contributed by atoms with E-state index in [1.807, 2.05) is 13.8 Å². The molecule has 2 aliphatic heterocycles. The van der Waals surface area contributed by atoms with Crippen molar-refractivity contribution in [1.29, 1.82) is 0 Å². The van der Waals surface area contributed by atoms with Gasteiger partial charge in [0, 0.05) is 60.5 Å². The summed E-state index contributed by atoms with van der Waals surface area (Å²) in [4.78, 5) is 74.4. The second-order valence-electron chi connectivity index (χ2n) is 17.0. The number of hydrogen-bond acceptors (Lipinski definition) is 18. The van der Waals surface area contributed by atoms with Gasteiger partial charge in [0.05, 0.1) is 74.3 Å². The van der Waals surface area contributed by atoms with E-state index in [1.165, 1.54) is 51.3 Å². The van der Waals surface area contributed by atoms with Crippen LogP contribution in [0.15, 0.2) is 59.3 Å². The van der Waals surface area contributed by atoms with Crippen molar-refractivity contribution in [2.24, 2.45) is 11.8 Å². The van der Waals surface area contributed by atoms with Crippen LogP contribution in [-0.2, 0) is 42.7 Å². The zero-order valence-corrected chi connectivity index (χ0v) is 39.7. The fraction of sp³-hybridized carbons (Fsp3) is 0.469. The van der Waals surface area contributed by atoms with Crippen molar-refractivity contribution in [3.63, 3.8) is 0 Å². The van der Waals surface area contributed by atoms with Crippen molar-refractivity contribution in [2.75, 3.05) is 33.7 Å². The maximum atomic E-state index is 15.1. The van der Waals surface area contributed by atoms with Crippen molar-refractivity contribution in [3.05, 3.63) is 70.7 Å². The van der Waals surface area contributed by atoms with E-state index in [2.05, 4.69) is 44.3 Å². The zero-order valence-electron chi connectivity index (χ0n) is 38.9. The smallest absolute Gasteiger partial charge is 0.411 e. The fourth-order valence-electron chi connectivity index (χ4n) is 8.95. The van der Waals surface area contributed by atoms with Gasteiger partial charge >= 0.3 is 12.1 Å². The molecule has 3 aromatic rings. The monoisotopic (exact) mass is 970 g/mol. The van der Waals surface area contributed by atoms with Crippen LogP contribution >= 0.6 is 11.8 Å². The molecule has 2 aliphatic carbocycles. The molecule has 4 heterocycles. The number of thioether (sulfide) groups is 1. The lowest BCUT2D eigenvalue weighted by atomic mass is 9.82. The van der Waals surface area contributed by atoms with Crippen LogP contribution in [0.25, 0.3) is 21.8 Å². The number of alkyl carbamates (subject to hydrolysis) is 1. The SMILES string of the molecule is COC(=O)NC1=C2C#C/C=C\C#C[C@H](OC3OC(C)C(C(=O)c4nc(C(=O)OC)cc5c4[nH]c4ccc(O)cc45)C(O)C3OC3CC(OC)C(NC(C)C)CO3)C2/C(=C\CSC(C)=O)[C@@H](O)CC1=O. The number of nitrogens with one attached hydrogen (secondary N) is 3. The number of ether oxygens (including phenoxy) is 7. The summed E-state index contributed by atoms with van der Waals surface area (Å²) in [6.07, 6.45) is -7.34. The highest BCUT2D eigenvalue weighted by molar-refractivity contribution is 8.13. The highest BCUT2D eigenvalue weighted by Gasteiger charge is 2.52. The quantitative estimate of drug-likeness (QED) is 0.0621. The lowest BCUT2D eigenvalue weighted by Crippen LogP contribution is -2.61. The number of rotatable bonds is 13. The molecule has 2 saturated heterocycles. The van der Waals surface area contributed by atoms with E-state index in [1.54, 1.807) is 19.3 Å². The number of allylic oxidation sites excluding steroid dienone is 3. The summed E-state index contributed by atoms with van der Waals surface area (Å²) < 4.78 is 41.9. The molecule has 0 spiro atoms. The van der Waals surface area contributed by atoms with Crippen LogP contribution in [0.4, 0.5) is 4.79 Å². The Balaban J connectivity index is 1.34. The number of nitrogens with zero attached hydrogens (tertiary/aromatic N) is 1. The van der Waals surface area contributed by atoms with E-state index in [0.717, 1.165) is 18.9 Å². The summed E-state index contributed by atoms with van der Waals surface area (Å²) in [5, 5.41) is 41.3. The number of hydrogen-bond donors (Lipinski definition) is 6. The molecule has 20 heteroatoms. The molecular formula is C49H54N4O15S. The first-order valence-corrected chi connectivity index (χ1v) is 23.2. The molecule has 6 N–H and O–H groups in total. The third-order valence-corrected chi connectivity index (χ3v) is 12.8. The normalized spacial score (nSPS) is 29.1. The Morgan fingerprint density at radius 2 is 1.83 bits per heavy atom. The number of esters is 1. The number of pyridine rings is 1. The Labute approximate surface area is 401 Å². The van der Waals surface area contributed by atoms with Crippen LogP contribution in [0.2, 0.25) is 0 Å². The Morgan fingerprint density at radius 1 is 1.06 bits per heavy atom. The third-order valence-electron chi connectivity index (χ3n) is 12.1. The number of aliphatic hydroxyl groups is 2. The van der Waals surface area contributed by atoms with Gasteiger partial charge in [0.2, 0.25) is 0 Å². The minimum absolute atomic E-state index is 0.00344. The number of benzene rings is 1. The number of aromatic amines is 1. The number of ketones is 2. The van der Waals surface area contributed by atoms with E-state index >= 15 is 4.79 Å². The molecule has 2 aromatic heterocycles. The number of Topliss-reactive ketones (excluding diaryl/α,β-unsaturated/α-hetero) is 2. The molecule has 69 heavy (non-hydrogen) atoms. The van der Waals surface area contributed by atoms with Crippen LogP contribution in [-0.4, -0.2) is 149 Å². The number of aliphatic hydroxyl groups excluding tert-OH is 2. The zero-order chi connectivity index (χ0) is 49.7. The van der Waals surface area contributed by atoms with Gasteiger partial charge in [0.15, 0.2) is 29.3 Å². The van der Waals surface area contributed by atoms with Gasteiger partial charge in [-0.3, -0.25) is 19.7 Å². The number of phenols is 1. The number of phenolic OH excluding ortho intramolecular Hbond substituents is 1. The minimum atomic E-state index is -1.76. The largest absolute Gasteiger partial charge is 0.508 e. The Hall–Kier alpha value is -5.91. The lowest BCUT2D eigenvalue weighted by molar-refractivity contribution is -0.330. The van der Waals surface area contributed by atoms with Crippen LogP contribution < -0.4 is 10.6 Å². The standard InChI is InChI=1S/C49H54N4O15S/c1-23(2)50-33-22-65-38(21-37(33)62-5)68-46-45(59)39(44(58)43-42-30(19-32(52-43)47(60)63-6)29-18-26(55)14-15-31(29)51-42)24(3)66-48(46)67-36-13-11-9-8-10-12-28-40(36)27(16-17-69-25(4)54)34(56)20-35(57)41(28)53-49(61)64-7/h8-9,14-16,18-19,23-24,33-34,36-40,45-46,48,50-51,55-56,59H,17,20-22H2,1-7H3,(H,53,61)/b9-8-,27-16-/t24?,33?,34-,36-,37?,38?,39?,40?,45?,46?,48?/m0/s1. The molecule has 366 valence electrons. The Kier molecular flexibility index (Phi) is 16.4. The summed E-state index contributed by atoms with van der Waals surface area (Å²) >= 11 is 0.947. The number of methoxy groups -OCH3 is 3. The van der Waals surface area contributed by atoms with Gasteiger partial charge in [-0.05, 0) is 48.9 Å². The highest BCUT2D eigenvalue weighted by Crippen LogP contribution is 2.40. The van der Waals surface area contributed by atoms with Crippen LogP contribution in [0, 0.1) is 35.5 Å². The first-order chi connectivity index (χ1) is 33.0. The summed E-state index contributed by atoms with van der Waals surface area (Å²) in [6, 6.07) is 5.82. The molecule has 0 radical (unpaired) electrons. The Morgan fingerprint density at radius 3 is 2.54 bits per heavy atom. The molecule has 4 aliphatic rings. The number of fused-ring (bicyclic) bond motifs is 4. The average molecular weight is 971 g/mol. The third kappa shape index (κ3) is 11.3. The summed E-state index contributed by atoms with van der Waals surface area (Å²) in [6.45, 7) is 7.02. The van der Waals surface area contributed by atoms with Gasteiger partial charge in [-0.1, -0.05) is 55.4 Å². The van der Waals surface area contributed by atoms with Gasteiger partial charge < -0.3 is 58.8 Å². The lowest BCUT2D eigenvalue weighted by Gasteiger charge is -2.46. The molecule has 0 bridgehead atoms. The van der Waals surface area contributed by atoms with E-state index in [0.29, 0.717) is 16.3 Å². The van der Waals surface area contributed by atoms with Crippen molar-refractivity contribution >= 4 is 62.3 Å². The molecule has 9 unspecified atom stereocenters. The summed E-state index contributed by atoms with van der Waals surface area (Å²) in [7, 11) is 3.84. The predicted molar refractivity (Wildman–Crippen MR) is 249 cm³/mol. The molecule has 1 amide bonds. The molecule has 11 atom stereocenters. The summed E-state index contributed by atoms with van der Waals surface area (Å²) in [5.74, 6) is 6.74. The molecular weight excluding hydrogens is 917 g/mol. The van der Waals surface area contributed by atoms with Crippen molar-refractivity contribution < 1.29 is 72.5 Å². The van der Waals surface area contributed by atoms with E-state index in [9.17, 15) is 34.5 Å². The predicted octanol–water partition coefficient (Wildman–Crippen LogP) is 3.35. The molecule has 7 rings (SSSR count). The van der Waals surface area contributed by atoms with Crippen molar-refractivity contribution in [2.45, 2.75) is 102 Å². The van der Waals surface area contributed by atoms with Crippen LogP contribution in [0.3, 0.4) is 0 Å². The molecule has 19 nitrogen and oxygen atoms in total. The summed E-state index contributed by atoms with van der Waals surface area (Å²) in [5.41, 5.74) is 0.176. The van der Waals surface area contributed by atoms with Gasteiger partial charge in [-0.2, -0.15) is 0 Å². The van der Waals surface area contributed by atoms with E-state index in [-0.39, 0.29) is 75.5 Å². The average Bonchev–Trinajstić information content (AvgIpc) is 3.68. The van der Waals surface area contributed by atoms with Crippen LogP contribution in [0.1, 0.15) is 61.5 Å². The first-order valence-electron chi connectivity index (χ1n) is 22.2. The second kappa shape index (κ2) is 22.2. The van der Waals surface area contributed by atoms with E-state index < -0.39 is 91.1 Å². The molecule has 2 fully saturated rings. The molecule has 1 aromatic carbocycles. The minimum Gasteiger partial charge on any atom is -0.508 e. The number of carbonyl (C=O) groups excluding carboxylic acids is 5. The maximum absolute atomic E-state index is 15.1. The number of aromatic nitrogens is 2. The van der Waals surface area contributed by atoms with Crippen LogP contribution in [0.5, 0.6) is 5.75 Å². The topological polar surface area (TPSA) is 263 Å². The maximum Gasteiger partial charge on any atom is 0.411 e. The number of amides is 1. The number of aromatic hydroxyl groups is 1. The van der Waals surface area contributed by atoms with Crippen molar-refractivity contribution in [1.82, 2.24) is 20.6 Å².